The van der Waals surface area contributed by atoms with Crippen LogP contribution in [0.2, 0.25) is 10.0 Å². The molecule has 4 rings (SSSR count). The Balaban J connectivity index is 1.92. The molecular formula is C27H22Cl2N2O. The van der Waals surface area contributed by atoms with Crippen LogP contribution in [-0.2, 0) is 0 Å². The van der Waals surface area contributed by atoms with Crippen molar-refractivity contribution < 1.29 is 4.79 Å². The molecule has 32 heavy (non-hydrogen) atoms. The lowest BCUT2D eigenvalue weighted by Crippen LogP contribution is -2.07. The van der Waals surface area contributed by atoms with Gasteiger partial charge in [0.1, 0.15) is 0 Å². The van der Waals surface area contributed by atoms with Gasteiger partial charge in [-0.3, -0.25) is 4.79 Å². The van der Waals surface area contributed by atoms with Gasteiger partial charge in [0, 0.05) is 43.7 Å². The molecule has 0 saturated heterocycles. The van der Waals surface area contributed by atoms with Crippen molar-refractivity contribution in [3.05, 3.63) is 105 Å². The van der Waals surface area contributed by atoms with Crippen molar-refractivity contribution in [2.24, 2.45) is 0 Å². The molecule has 0 aromatic heterocycles. The number of halogens is 2. The Morgan fingerprint density at radius 1 is 0.594 bits per heavy atom. The summed E-state index contributed by atoms with van der Waals surface area (Å²) in [5.41, 5.74) is 19.7. The van der Waals surface area contributed by atoms with Gasteiger partial charge in [0.15, 0.2) is 5.78 Å². The van der Waals surface area contributed by atoms with Crippen LogP contribution in [0.4, 0.5) is 11.4 Å². The normalized spacial score (nSPS) is 10.9. The fourth-order valence-electron chi connectivity index (χ4n) is 3.87. The number of anilines is 2. The molecule has 0 spiro atoms. The minimum atomic E-state index is -0.164. The first-order chi connectivity index (χ1) is 15.2. The predicted octanol–water partition coefficient (Wildman–Crippen LogP) is 7.34. The molecule has 5 heteroatoms. The number of aryl methyl sites for hydroxylation is 2. The summed E-state index contributed by atoms with van der Waals surface area (Å²) in [7, 11) is 0. The van der Waals surface area contributed by atoms with E-state index in [0.717, 1.165) is 22.3 Å². The molecular weight excluding hydrogens is 439 g/mol. The first kappa shape index (κ1) is 21.9. The van der Waals surface area contributed by atoms with Crippen LogP contribution in [0.5, 0.6) is 0 Å². The van der Waals surface area contributed by atoms with Gasteiger partial charge in [-0.2, -0.15) is 0 Å². The number of nitrogen functional groups attached to an aromatic ring is 2. The zero-order valence-corrected chi connectivity index (χ0v) is 19.3. The highest BCUT2D eigenvalue weighted by atomic mass is 35.5. The second-order valence-electron chi connectivity index (χ2n) is 7.89. The first-order valence-electron chi connectivity index (χ1n) is 10.1. The monoisotopic (exact) mass is 460 g/mol. The molecule has 0 aliphatic rings. The molecule has 4 aromatic carbocycles. The van der Waals surface area contributed by atoms with Gasteiger partial charge in [-0.15, -0.1) is 0 Å². The third kappa shape index (κ3) is 4.22. The Morgan fingerprint density at radius 2 is 1.00 bits per heavy atom. The molecule has 0 radical (unpaired) electrons. The number of ketones is 1. The Kier molecular flexibility index (Phi) is 5.96. The topological polar surface area (TPSA) is 69.1 Å². The summed E-state index contributed by atoms with van der Waals surface area (Å²) in [6.45, 7) is 3.94. The van der Waals surface area contributed by atoms with Crippen molar-refractivity contribution in [1.29, 1.82) is 0 Å². The summed E-state index contributed by atoms with van der Waals surface area (Å²) in [6.07, 6.45) is 0. The van der Waals surface area contributed by atoms with Crippen LogP contribution in [0.1, 0.15) is 27.0 Å². The van der Waals surface area contributed by atoms with Gasteiger partial charge in [0.2, 0.25) is 0 Å². The molecule has 0 aliphatic heterocycles. The zero-order valence-electron chi connectivity index (χ0n) is 17.7. The van der Waals surface area contributed by atoms with Gasteiger partial charge in [0.05, 0.1) is 0 Å². The largest absolute Gasteiger partial charge is 0.398 e. The molecule has 0 unspecified atom stereocenters. The molecule has 0 atom stereocenters. The average Bonchev–Trinajstić information content (AvgIpc) is 2.73. The molecule has 160 valence electrons. The molecule has 0 saturated carbocycles. The van der Waals surface area contributed by atoms with Crippen molar-refractivity contribution in [2.75, 3.05) is 11.5 Å². The molecule has 0 bridgehead atoms. The van der Waals surface area contributed by atoms with Crippen LogP contribution in [0.3, 0.4) is 0 Å². The number of hydrogen-bond acceptors (Lipinski definition) is 3. The van der Waals surface area contributed by atoms with E-state index in [0.29, 0.717) is 43.7 Å². The molecule has 4 aromatic rings. The van der Waals surface area contributed by atoms with E-state index in [2.05, 4.69) is 0 Å². The molecule has 0 fully saturated rings. The lowest BCUT2D eigenvalue weighted by Gasteiger charge is -2.16. The van der Waals surface area contributed by atoms with E-state index in [1.165, 1.54) is 0 Å². The van der Waals surface area contributed by atoms with Crippen LogP contribution in [0.15, 0.2) is 72.8 Å². The second kappa shape index (κ2) is 8.70. The summed E-state index contributed by atoms with van der Waals surface area (Å²) in [4.78, 5) is 13.8. The third-order valence-electron chi connectivity index (χ3n) is 5.45. The number of rotatable bonds is 4. The Hall–Kier alpha value is -3.27. The van der Waals surface area contributed by atoms with Gasteiger partial charge in [-0.25, -0.2) is 0 Å². The van der Waals surface area contributed by atoms with Crippen molar-refractivity contribution in [1.82, 2.24) is 0 Å². The number of benzene rings is 4. The van der Waals surface area contributed by atoms with Crippen molar-refractivity contribution in [2.45, 2.75) is 13.8 Å². The van der Waals surface area contributed by atoms with E-state index in [1.54, 1.807) is 36.4 Å². The smallest absolute Gasteiger partial charge is 0.194 e. The second-order valence-corrected chi connectivity index (χ2v) is 8.76. The Labute approximate surface area is 197 Å². The van der Waals surface area contributed by atoms with Crippen LogP contribution in [-0.4, -0.2) is 5.78 Å². The summed E-state index contributed by atoms with van der Waals surface area (Å²) in [5.74, 6) is -0.164. The van der Waals surface area contributed by atoms with Crippen LogP contribution in [0.25, 0.3) is 22.3 Å². The first-order valence-corrected chi connectivity index (χ1v) is 10.9. The minimum absolute atomic E-state index is 0.164. The lowest BCUT2D eigenvalue weighted by molar-refractivity contribution is 0.104. The highest BCUT2D eigenvalue weighted by molar-refractivity contribution is 6.32. The Morgan fingerprint density at radius 3 is 1.38 bits per heavy atom. The van der Waals surface area contributed by atoms with E-state index in [9.17, 15) is 4.79 Å². The predicted molar refractivity (Wildman–Crippen MR) is 136 cm³/mol. The van der Waals surface area contributed by atoms with Gasteiger partial charge in [-0.1, -0.05) is 47.5 Å². The zero-order chi connectivity index (χ0) is 23.0. The number of carbonyl (C=O) groups excluding carboxylic acids is 1. The SMILES string of the molecule is Cc1ccc(-c2cc(Cl)ccc2C(=O)c2ccc(Cl)cc2-c2ccc(C)cc2N)c(N)c1. The fourth-order valence-corrected chi connectivity index (χ4v) is 4.22. The standard InChI is InChI=1S/C27H22Cl2N2O/c1-15-3-7-19(25(30)11-15)23-13-17(28)5-9-21(23)27(32)22-10-6-18(29)14-24(22)20-8-4-16(2)12-26(20)31/h3-14H,30-31H2,1-2H3. The summed E-state index contributed by atoms with van der Waals surface area (Å²) < 4.78 is 0. The highest BCUT2D eigenvalue weighted by Gasteiger charge is 2.21. The molecule has 4 N–H and O–H groups in total. The summed E-state index contributed by atoms with van der Waals surface area (Å²) >= 11 is 12.6. The van der Waals surface area contributed by atoms with Crippen LogP contribution >= 0.6 is 23.2 Å². The number of nitrogens with two attached hydrogens (primary N) is 2. The molecule has 0 heterocycles. The van der Waals surface area contributed by atoms with Gasteiger partial charge in [0.25, 0.3) is 0 Å². The van der Waals surface area contributed by atoms with E-state index in [1.807, 2.05) is 50.2 Å². The van der Waals surface area contributed by atoms with Crippen molar-refractivity contribution in [3.8, 4) is 22.3 Å². The summed E-state index contributed by atoms with van der Waals surface area (Å²) in [6, 6.07) is 21.9. The van der Waals surface area contributed by atoms with Gasteiger partial charge < -0.3 is 11.5 Å². The van der Waals surface area contributed by atoms with Crippen molar-refractivity contribution >= 4 is 40.4 Å². The van der Waals surface area contributed by atoms with E-state index >= 15 is 0 Å². The molecule has 3 nitrogen and oxygen atoms in total. The number of hydrogen-bond donors (Lipinski definition) is 2. The maximum Gasteiger partial charge on any atom is 0.194 e. The quantitative estimate of drug-likeness (QED) is 0.247. The Bertz CT molecular complexity index is 1260. The van der Waals surface area contributed by atoms with Gasteiger partial charge in [-0.05, 0) is 84.6 Å². The third-order valence-corrected chi connectivity index (χ3v) is 5.92. The maximum atomic E-state index is 13.8. The molecule has 0 amide bonds. The fraction of sp³-hybridized carbons (Fsp3) is 0.0741. The minimum Gasteiger partial charge on any atom is -0.398 e. The van der Waals surface area contributed by atoms with Crippen LogP contribution in [0, 0.1) is 13.8 Å². The highest BCUT2D eigenvalue weighted by Crippen LogP contribution is 2.37. The van der Waals surface area contributed by atoms with Crippen molar-refractivity contribution in [3.63, 3.8) is 0 Å². The van der Waals surface area contributed by atoms with E-state index in [-0.39, 0.29) is 5.78 Å². The van der Waals surface area contributed by atoms with E-state index < -0.39 is 0 Å². The average molecular weight is 461 g/mol. The molecule has 0 aliphatic carbocycles. The number of carbonyl (C=O) groups is 1. The van der Waals surface area contributed by atoms with Gasteiger partial charge >= 0.3 is 0 Å². The summed E-state index contributed by atoms with van der Waals surface area (Å²) in [5, 5.41) is 1.05. The van der Waals surface area contributed by atoms with E-state index in [4.69, 9.17) is 34.7 Å². The lowest BCUT2D eigenvalue weighted by atomic mass is 9.88. The maximum absolute atomic E-state index is 13.8. The van der Waals surface area contributed by atoms with Crippen LogP contribution < -0.4 is 11.5 Å².